The fourth-order valence-electron chi connectivity index (χ4n) is 4.14. The van der Waals surface area contributed by atoms with E-state index in [1.807, 2.05) is 6.92 Å². The highest BCUT2D eigenvalue weighted by molar-refractivity contribution is 5.85. The number of nitrogens with one attached hydrogen (secondary N) is 1. The van der Waals surface area contributed by atoms with Crippen LogP contribution in [0, 0.1) is 5.92 Å². The predicted molar refractivity (Wildman–Crippen MR) is 102 cm³/mol. The highest BCUT2D eigenvalue weighted by Crippen LogP contribution is 2.31. The summed E-state index contributed by atoms with van der Waals surface area (Å²) in [7, 11) is 0. The molecule has 4 nitrogen and oxygen atoms in total. The third-order valence-corrected chi connectivity index (χ3v) is 5.62. The summed E-state index contributed by atoms with van der Waals surface area (Å²) in [5.74, 6) is 0.152. The molecule has 6 heteroatoms. The van der Waals surface area contributed by atoms with Gasteiger partial charge in [0.15, 0.2) is 0 Å². The number of likely N-dealkylation sites (tertiary alicyclic amines) is 1. The SMILES string of the molecule is CC1CCCC(C)N1CCNC(=O)C1CCCCC1(C)N.Cl.Cl. The fraction of sp³-hybridized carbons (Fsp3) is 0.941. The number of nitrogens with two attached hydrogens (primary N) is 1. The lowest BCUT2D eigenvalue weighted by Crippen LogP contribution is -2.54. The van der Waals surface area contributed by atoms with Crippen LogP contribution in [-0.4, -0.2) is 41.5 Å². The number of carbonyl (C=O) groups excluding carboxylic acids is 1. The number of hydrogen-bond donors (Lipinski definition) is 2. The molecule has 3 N–H and O–H groups in total. The second kappa shape index (κ2) is 10.1. The monoisotopic (exact) mass is 367 g/mol. The lowest BCUT2D eigenvalue weighted by Gasteiger charge is -2.40. The maximum atomic E-state index is 12.4. The molecule has 1 heterocycles. The topological polar surface area (TPSA) is 58.4 Å². The molecule has 1 aliphatic heterocycles. The Hall–Kier alpha value is -0.0300. The Morgan fingerprint density at radius 2 is 1.74 bits per heavy atom. The van der Waals surface area contributed by atoms with E-state index in [0.29, 0.717) is 12.1 Å². The number of hydrogen-bond acceptors (Lipinski definition) is 3. The van der Waals surface area contributed by atoms with Crippen molar-refractivity contribution in [2.75, 3.05) is 13.1 Å². The minimum absolute atomic E-state index is 0. The van der Waals surface area contributed by atoms with E-state index in [4.69, 9.17) is 5.73 Å². The van der Waals surface area contributed by atoms with Crippen molar-refractivity contribution in [3.63, 3.8) is 0 Å². The first-order chi connectivity index (χ1) is 9.92. The number of piperidine rings is 1. The van der Waals surface area contributed by atoms with Gasteiger partial charge in [0.1, 0.15) is 0 Å². The van der Waals surface area contributed by atoms with Crippen molar-refractivity contribution < 1.29 is 4.79 Å². The normalized spacial score (nSPS) is 34.9. The van der Waals surface area contributed by atoms with Crippen molar-refractivity contribution in [2.45, 2.75) is 83.3 Å². The molecule has 4 atom stereocenters. The first-order valence-electron chi connectivity index (χ1n) is 8.74. The van der Waals surface area contributed by atoms with E-state index < -0.39 is 0 Å². The van der Waals surface area contributed by atoms with Crippen molar-refractivity contribution in [1.29, 1.82) is 0 Å². The molecule has 2 aliphatic rings. The van der Waals surface area contributed by atoms with Crippen LogP contribution in [0.4, 0.5) is 0 Å². The summed E-state index contributed by atoms with van der Waals surface area (Å²) in [5.41, 5.74) is 5.98. The number of nitrogens with zero attached hydrogens (tertiary/aromatic N) is 1. The van der Waals surface area contributed by atoms with Gasteiger partial charge in [0, 0.05) is 30.7 Å². The van der Waals surface area contributed by atoms with Crippen molar-refractivity contribution in [3.8, 4) is 0 Å². The Kier molecular flexibility index (Phi) is 10.1. The molecule has 138 valence electrons. The van der Waals surface area contributed by atoms with Gasteiger partial charge in [-0.1, -0.05) is 19.3 Å². The first-order valence-corrected chi connectivity index (χ1v) is 8.74. The molecule has 0 aromatic rings. The Morgan fingerprint density at radius 1 is 1.13 bits per heavy atom. The molecule has 0 aromatic carbocycles. The van der Waals surface area contributed by atoms with Gasteiger partial charge in [-0.25, -0.2) is 0 Å². The molecular weight excluding hydrogens is 333 g/mol. The number of amides is 1. The summed E-state index contributed by atoms with van der Waals surface area (Å²) >= 11 is 0. The van der Waals surface area contributed by atoms with Crippen LogP contribution in [0.25, 0.3) is 0 Å². The average Bonchev–Trinajstić information content (AvgIpc) is 2.41. The number of rotatable bonds is 4. The van der Waals surface area contributed by atoms with E-state index in [1.165, 1.54) is 19.3 Å². The van der Waals surface area contributed by atoms with Gasteiger partial charge in [-0.3, -0.25) is 9.69 Å². The van der Waals surface area contributed by atoms with Crippen molar-refractivity contribution >= 4 is 30.7 Å². The van der Waals surface area contributed by atoms with Crippen molar-refractivity contribution in [2.24, 2.45) is 11.7 Å². The van der Waals surface area contributed by atoms with Crippen LogP contribution >= 0.6 is 24.8 Å². The fourth-order valence-corrected chi connectivity index (χ4v) is 4.14. The summed E-state index contributed by atoms with van der Waals surface area (Å²) in [6, 6.07) is 1.28. The Balaban J connectivity index is 0.00000242. The zero-order chi connectivity index (χ0) is 15.5. The van der Waals surface area contributed by atoms with Crippen LogP contribution in [0.5, 0.6) is 0 Å². The van der Waals surface area contributed by atoms with Crippen LogP contribution < -0.4 is 11.1 Å². The Labute approximate surface area is 154 Å². The highest BCUT2D eigenvalue weighted by atomic mass is 35.5. The van der Waals surface area contributed by atoms with Crippen LogP contribution in [0.2, 0.25) is 0 Å². The van der Waals surface area contributed by atoms with Crippen molar-refractivity contribution in [3.05, 3.63) is 0 Å². The predicted octanol–water partition coefficient (Wildman–Crippen LogP) is 3.12. The van der Waals surface area contributed by atoms with Crippen LogP contribution in [0.3, 0.4) is 0 Å². The molecule has 2 fully saturated rings. The van der Waals surface area contributed by atoms with Gasteiger partial charge in [-0.15, -0.1) is 24.8 Å². The summed E-state index contributed by atoms with van der Waals surface area (Å²) in [4.78, 5) is 14.9. The zero-order valence-electron chi connectivity index (χ0n) is 14.8. The quantitative estimate of drug-likeness (QED) is 0.802. The van der Waals surface area contributed by atoms with E-state index in [0.717, 1.165) is 38.8 Å². The smallest absolute Gasteiger partial charge is 0.225 e. The molecule has 1 amide bonds. The number of carbonyl (C=O) groups is 1. The van der Waals surface area contributed by atoms with Gasteiger partial charge in [0.25, 0.3) is 0 Å². The van der Waals surface area contributed by atoms with Crippen LogP contribution in [0.1, 0.15) is 65.7 Å². The molecule has 0 aromatic heterocycles. The molecule has 23 heavy (non-hydrogen) atoms. The largest absolute Gasteiger partial charge is 0.355 e. The minimum Gasteiger partial charge on any atom is -0.355 e. The first kappa shape index (κ1) is 23.0. The molecule has 0 bridgehead atoms. The van der Waals surface area contributed by atoms with E-state index in [1.54, 1.807) is 0 Å². The lowest BCUT2D eigenvalue weighted by molar-refractivity contribution is -0.128. The summed E-state index contributed by atoms with van der Waals surface area (Å²) in [6.45, 7) is 8.35. The van der Waals surface area contributed by atoms with Gasteiger partial charge < -0.3 is 11.1 Å². The minimum atomic E-state index is -0.325. The summed E-state index contributed by atoms with van der Waals surface area (Å²) < 4.78 is 0. The lowest BCUT2D eigenvalue weighted by atomic mass is 9.74. The van der Waals surface area contributed by atoms with Crippen LogP contribution in [-0.2, 0) is 4.79 Å². The van der Waals surface area contributed by atoms with Gasteiger partial charge in [-0.2, -0.15) is 0 Å². The third-order valence-electron chi connectivity index (χ3n) is 5.62. The Morgan fingerprint density at radius 3 is 2.30 bits per heavy atom. The Bertz CT molecular complexity index is 356. The van der Waals surface area contributed by atoms with Gasteiger partial charge in [-0.05, 0) is 46.5 Å². The van der Waals surface area contributed by atoms with Crippen LogP contribution in [0.15, 0.2) is 0 Å². The standard InChI is InChI=1S/C17H33N3O.2ClH/c1-13-7-6-8-14(2)20(13)12-11-19-16(21)15-9-4-5-10-17(15,3)18;;/h13-15H,4-12,18H2,1-3H3,(H,19,21);2*1H. The molecule has 2 rings (SSSR count). The molecule has 0 spiro atoms. The molecule has 1 aliphatic carbocycles. The molecule has 4 unspecified atom stereocenters. The maximum Gasteiger partial charge on any atom is 0.225 e. The average molecular weight is 368 g/mol. The van der Waals surface area contributed by atoms with Crippen molar-refractivity contribution in [1.82, 2.24) is 10.2 Å². The van der Waals surface area contributed by atoms with Gasteiger partial charge >= 0.3 is 0 Å². The van der Waals surface area contributed by atoms with Gasteiger partial charge in [0.05, 0.1) is 5.92 Å². The van der Waals surface area contributed by atoms with Gasteiger partial charge in [0.2, 0.25) is 5.91 Å². The molecular formula is C17H35Cl2N3O. The maximum absolute atomic E-state index is 12.4. The van der Waals surface area contributed by atoms with E-state index in [-0.39, 0.29) is 42.2 Å². The summed E-state index contributed by atoms with van der Waals surface area (Å²) in [6.07, 6.45) is 8.08. The summed E-state index contributed by atoms with van der Waals surface area (Å²) in [5, 5.41) is 3.14. The second-order valence-electron chi connectivity index (χ2n) is 7.46. The third kappa shape index (κ3) is 6.08. The zero-order valence-corrected chi connectivity index (χ0v) is 16.5. The second-order valence-corrected chi connectivity index (χ2v) is 7.46. The molecule has 1 saturated carbocycles. The number of halogens is 2. The van der Waals surface area contributed by atoms with E-state index in [9.17, 15) is 4.79 Å². The molecule has 0 radical (unpaired) electrons. The van der Waals surface area contributed by atoms with E-state index >= 15 is 0 Å². The van der Waals surface area contributed by atoms with E-state index in [2.05, 4.69) is 24.1 Å². The highest BCUT2D eigenvalue weighted by Gasteiger charge is 2.37. The molecule has 1 saturated heterocycles.